The molecular formula is C21H29IN4O2. The smallest absolute Gasteiger partial charge is 0.222 e. The molecule has 0 aliphatic heterocycles. The zero-order chi connectivity index (χ0) is 19.3. The molecule has 152 valence electrons. The molecule has 2 aromatic carbocycles. The number of nitrogens with zero attached hydrogens (tertiary/aromatic N) is 1. The molecule has 1 amide bonds. The summed E-state index contributed by atoms with van der Waals surface area (Å²) >= 11 is 0. The van der Waals surface area contributed by atoms with Gasteiger partial charge in [-0.15, -0.1) is 24.0 Å². The van der Waals surface area contributed by atoms with E-state index in [0.29, 0.717) is 32.0 Å². The second-order valence-corrected chi connectivity index (χ2v) is 6.18. The Morgan fingerprint density at radius 2 is 1.64 bits per heavy atom. The summed E-state index contributed by atoms with van der Waals surface area (Å²) in [5.41, 5.74) is 2.15. The molecule has 0 saturated heterocycles. The lowest BCUT2D eigenvalue weighted by molar-refractivity contribution is -0.121. The van der Waals surface area contributed by atoms with Crippen molar-refractivity contribution in [2.45, 2.75) is 18.9 Å². The summed E-state index contributed by atoms with van der Waals surface area (Å²) in [5, 5.41) is 18.8. The molecule has 2 aromatic rings. The largest absolute Gasteiger partial charge is 0.396 e. The van der Waals surface area contributed by atoms with Gasteiger partial charge in [0, 0.05) is 39.0 Å². The van der Waals surface area contributed by atoms with Crippen molar-refractivity contribution in [3.8, 4) is 0 Å². The van der Waals surface area contributed by atoms with Gasteiger partial charge in [-0.3, -0.25) is 9.79 Å². The topological polar surface area (TPSA) is 85.8 Å². The molecule has 0 aliphatic carbocycles. The van der Waals surface area contributed by atoms with Gasteiger partial charge in [0.25, 0.3) is 0 Å². The SMILES string of the molecule is CN=C(NCCC(=O)NCc1ccccc1)NCC(CO)c1ccccc1.I. The number of carbonyl (C=O) groups is 1. The Kier molecular flexibility index (Phi) is 11.9. The zero-order valence-corrected chi connectivity index (χ0v) is 18.4. The summed E-state index contributed by atoms with van der Waals surface area (Å²) in [6.45, 7) is 1.62. The average Bonchev–Trinajstić information content (AvgIpc) is 2.73. The van der Waals surface area contributed by atoms with Crippen LogP contribution in [-0.4, -0.2) is 43.7 Å². The molecule has 6 nitrogen and oxygen atoms in total. The second kappa shape index (κ2) is 14.0. The number of hydrogen-bond acceptors (Lipinski definition) is 3. The number of halogens is 1. The molecular weight excluding hydrogens is 467 g/mol. The first-order chi connectivity index (χ1) is 13.2. The number of aliphatic hydroxyl groups excluding tert-OH is 1. The zero-order valence-electron chi connectivity index (χ0n) is 16.1. The van der Waals surface area contributed by atoms with Crippen LogP contribution < -0.4 is 16.0 Å². The normalized spacial score (nSPS) is 11.9. The fourth-order valence-corrected chi connectivity index (χ4v) is 2.63. The lowest BCUT2D eigenvalue weighted by Gasteiger charge is -2.18. The highest BCUT2D eigenvalue weighted by Gasteiger charge is 2.11. The van der Waals surface area contributed by atoms with Crippen molar-refractivity contribution in [3.63, 3.8) is 0 Å². The summed E-state index contributed by atoms with van der Waals surface area (Å²) in [7, 11) is 1.68. The molecule has 0 saturated carbocycles. The number of hydrogen-bond donors (Lipinski definition) is 4. The first-order valence-electron chi connectivity index (χ1n) is 9.14. The first kappa shape index (κ1) is 23.9. The molecule has 28 heavy (non-hydrogen) atoms. The van der Waals surface area contributed by atoms with E-state index < -0.39 is 0 Å². The summed E-state index contributed by atoms with van der Waals surface area (Å²) in [6, 6.07) is 19.7. The monoisotopic (exact) mass is 496 g/mol. The maximum Gasteiger partial charge on any atom is 0.222 e. The summed E-state index contributed by atoms with van der Waals surface area (Å²) in [5.74, 6) is 0.582. The molecule has 0 heterocycles. The molecule has 7 heteroatoms. The Morgan fingerprint density at radius 1 is 1.00 bits per heavy atom. The van der Waals surface area contributed by atoms with Gasteiger partial charge in [0.2, 0.25) is 5.91 Å². The van der Waals surface area contributed by atoms with Crippen molar-refractivity contribution < 1.29 is 9.90 Å². The Labute approximate surface area is 183 Å². The van der Waals surface area contributed by atoms with Crippen LogP contribution in [0.5, 0.6) is 0 Å². The molecule has 0 aromatic heterocycles. The fourth-order valence-electron chi connectivity index (χ4n) is 2.63. The van der Waals surface area contributed by atoms with Crippen LogP contribution in [-0.2, 0) is 11.3 Å². The Bertz CT molecular complexity index is 711. The number of aliphatic imine (C=N–C) groups is 1. The molecule has 1 atom stereocenters. The third kappa shape index (κ3) is 8.71. The third-order valence-corrected chi connectivity index (χ3v) is 4.21. The van der Waals surface area contributed by atoms with E-state index in [0.717, 1.165) is 11.1 Å². The number of rotatable bonds is 9. The summed E-state index contributed by atoms with van der Waals surface area (Å²) in [4.78, 5) is 16.1. The van der Waals surface area contributed by atoms with Gasteiger partial charge in [-0.05, 0) is 11.1 Å². The van der Waals surface area contributed by atoms with Gasteiger partial charge >= 0.3 is 0 Å². The van der Waals surface area contributed by atoms with Crippen LogP contribution in [0.1, 0.15) is 23.5 Å². The van der Waals surface area contributed by atoms with E-state index in [1.165, 1.54) is 0 Å². The van der Waals surface area contributed by atoms with E-state index in [1.807, 2.05) is 60.7 Å². The van der Waals surface area contributed by atoms with E-state index in [-0.39, 0.29) is 42.4 Å². The van der Waals surface area contributed by atoms with Crippen LogP contribution in [0.2, 0.25) is 0 Å². The molecule has 0 fully saturated rings. The van der Waals surface area contributed by atoms with E-state index in [1.54, 1.807) is 7.05 Å². The van der Waals surface area contributed by atoms with Crippen LogP contribution in [0, 0.1) is 0 Å². The van der Waals surface area contributed by atoms with Gasteiger partial charge in [0.15, 0.2) is 5.96 Å². The predicted molar refractivity (Wildman–Crippen MR) is 124 cm³/mol. The highest BCUT2D eigenvalue weighted by molar-refractivity contribution is 14.0. The van der Waals surface area contributed by atoms with E-state index >= 15 is 0 Å². The quantitative estimate of drug-likeness (QED) is 0.244. The van der Waals surface area contributed by atoms with Gasteiger partial charge in [0.05, 0.1) is 6.61 Å². The van der Waals surface area contributed by atoms with E-state index in [2.05, 4.69) is 20.9 Å². The van der Waals surface area contributed by atoms with Crippen molar-refractivity contribution in [1.29, 1.82) is 0 Å². The Balaban J connectivity index is 0.00000392. The van der Waals surface area contributed by atoms with Gasteiger partial charge in [0.1, 0.15) is 0 Å². The van der Waals surface area contributed by atoms with Crippen LogP contribution in [0.3, 0.4) is 0 Å². The maximum atomic E-state index is 11.9. The van der Waals surface area contributed by atoms with Crippen molar-refractivity contribution in [1.82, 2.24) is 16.0 Å². The van der Waals surface area contributed by atoms with Gasteiger partial charge in [-0.25, -0.2) is 0 Å². The van der Waals surface area contributed by atoms with Gasteiger partial charge in [-0.1, -0.05) is 60.7 Å². The summed E-state index contributed by atoms with van der Waals surface area (Å²) < 4.78 is 0. The molecule has 0 spiro atoms. The van der Waals surface area contributed by atoms with Crippen molar-refractivity contribution in [2.75, 3.05) is 26.7 Å². The number of guanidine groups is 1. The van der Waals surface area contributed by atoms with Crippen LogP contribution in [0.4, 0.5) is 0 Å². The minimum atomic E-state index is -0.0149. The molecule has 0 aliphatic rings. The number of benzene rings is 2. The number of aliphatic hydroxyl groups is 1. The molecule has 1 unspecified atom stereocenters. The van der Waals surface area contributed by atoms with Crippen LogP contribution >= 0.6 is 24.0 Å². The van der Waals surface area contributed by atoms with Crippen molar-refractivity contribution in [2.24, 2.45) is 4.99 Å². The minimum Gasteiger partial charge on any atom is -0.396 e. The molecule has 0 radical (unpaired) electrons. The van der Waals surface area contributed by atoms with E-state index in [9.17, 15) is 9.90 Å². The number of nitrogens with one attached hydrogen (secondary N) is 3. The average molecular weight is 496 g/mol. The highest BCUT2D eigenvalue weighted by atomic mass is 127. The number of amides is 1. The maximum absolute atomic E-state index is 11.9. The van der Waals surface area contributed by atoms with Crippen LogP contribution in [0.25, 0.3) is 0 Å². The van der Waals surface area contributed by atoms with Crippen molar-refractivity contribution in [3.05, 3.63) is 71.8 Å². The molecule has 0 bridgehead atoms. The summed E-state index contributed by atoms with van der Waals surface area (Å²) in [6.07, 6.45) is 0.357. The lowest BCUT2D eigenvalue weighted by Crippen LogP contribution is -2.41. The fraction of sp³-hybridized carbons (Fsp3) is 0.333. The van der Waals surface area contributed by atoms with Crippen LogP contribution in [0.15, 0.2) is 65.7 Å². The van der Waals surface area contributed by atoms with E-state index in [4.69, 9.17) is 0 Å². The van der Waals surface area contributed by atoms with Gasteiger partial charge < -0.3 is 21.1 Å². The van der Waals surface area contributed by atoms with Gasteiger partial charge in [-0.2, -0.15) is 0 Å². The molecule has 2 rings (SSSR count). The predicted octanol–water partition coefficient (Wildman–Crippen LogP) is 2.25. The van der Waals surface area contributed by atoms with Crippen molar-refractivity contribution >= 4 is 35.8 Å². The molecule has 4 N–H and O–H groups in total. The Morgan fingerprint density at radius 3 is 2.25 bits per heavy atom. The number of carbonyl (C=O) groups excluding carboxylic acids is 1. The highest BCUT2D eigenvalue weighted by Crippen LogP contribution is 2.13. The standard InChI is InChI=1S/C21H28N4O2.HI/c1-22-21(25-15-19(16-26)18-10-6-3-7-11-18)23-13-12-20(27)24-14-17-8-4-2-5-9-17;/h2-11,19,26H,12-16H2,1H3,(H,24,27)(H2,22,23,25);1H. The second-order valence-electron chi connectivity index (χ2n) is 6.18. The Hall–Kier alpha value is -2.13. The lowest BCUT2D eigenvalue weighted by atomic mass is 10.0. The minimum absolute atomic E-state index is 0. The first-order valence-corrected chi connectivity index (χ1v) is 9.14. The third-order valence-electron chi connectivity index (χ3n) is 4.21.